The van der Waals surface area contributed by atoms with Gasteiger partial charge in [-0.25, -0.2) is 18.4 Å². The van der Waals surface area contributed by atoms with Crippen LogP contribution in [0, 0.1) is 10.8 Å². The second kappa shape index (κ2) is 12.6. The second-order valence-corrected chi connectivity index (χ2v) is 12.2. The van der Waals surface area contributed by atoms with Gasteiger partial charge in [-0.3, -0.25) is 28.5 Å². The van der Waals surface area contributed by atoms with Gasteiger partial charge in [0.1, 0.15) is 12.2 Å². The van der Waals surface area contributed by atoms with Gasteiger partial charge in [0, 0.05) is 17.2 Å². The second-order valence-electron chi connectivity index (χ2n) is 10.6. The summed E-state index contributed by atoms with van der Waals surface area (Å²) in [6, 6.07) is 0.932. The number of nitrogens with one attached hydrogen (secondary N) is 1. The van der Waals surface area contributed by atoms with Crippen LogP contribution in [0.15, 0.2) is 27.0 Å². The normalized spacial score (nSPS) is 23.4. The van der Waals surface area contributed by atoms with Crippen molar-refractivity contribution < 1.29 is 52.1 Å². The van der Waals surface area contributed by atoms with Crippen LogP contribution in [0.5, 0.6) is 0 Å². The zero-order valence-corrected chi connectivity index (χ0v) is 23.5. The number of carbonyl (C=O) groups is 2. The van der Waals surface area contributed by atoms with Crippen LogP contribution in [-0.4, -0.2) is 69.8 Å². The number of ether oxygens (including phenoxy) is 3. The molecule has 0 aliphatic carbocycles. The fourth-order valence-electron chi connectivity index (χ4n) is 2.93. The van der Waals surface area contributed by atoms with Crippen LogP contribution in [0.3, 0.4) is 0 Å². The predicted octanol–water partition coefficient (Wildman–Crippen LogP) is 1.05. The third-order valence-corrected chi connectivity index (χ3v) is 6.49. The molecule has 224 valence electrons. The van der Waals surface area contributed by atoms with Crippen molar-refractivity contribution in [3.8, 4) is 0 Å². The van der Waals surface area contributed by atoms with E-state index in [1.165, 1.54) is 0 Å². The number of aliphatic hydroxyl groups excluding tert-OH is 2. The smallest absolute Gasteiger partial charge is 0.437 e. The molecule has 0 radical (unpaired) electrons. The van der Waals surface area contributed by atoms with E-state index < -0.39 is 86.2 Å². The summed E-state index contributed by atoms with van der Waals surface area (Å²) >= 11 is 0. The van der Waals surface area contributed by atoms with E-state index in [9.17, 15) is 34.0 Å². The highest BCUT2D eigenvalue weighted by atomic mass is 31.2. The number of aliphatic hydroxyl groups is 2. The molecular weight excluding hydrogens is 561 g/mol. The Morgan fingerprint density at radius 2 is 1.62 bits per heavy atom. The van der Waals surface area contributed by atoms with Crippen LogP contribution in [0.25, 0.3) is 10.4 Å². The van der Waals surface area contributed by atoms with Crippen LogP contribution in [0.1, 0.15) is 47.8 Å². The Bertz CT molecular complexity index is 1260. The molecule has 1 fully saturated rings. The highest BCUT2D eigenvalue weighted by molar-refractivity contribution is 7.48. The van der Waals surface area contributed by atoms with Crippen LogP contribution in [-0.2, 0) is 41.9 Å². The third kappa shape index (κ3) is 8.22. The minimum Gasteiger partial charge on any atom is -0.437 e. The molecule has 1 aliphatic heterocycles. The molecule has 0 bridgehead atoms. The zero-order chi connectivity index (χ0) is 30.5. The number of phosphoric acid groups is 1. The summed E-state index contributed by atoms with van der Waals surface area (Å²) in [4.78, 5) is 52.1. The first-order chi connectivity index (χ1) is 18.3. The summed E-state index contributed by atoms with van der Waals surface area (Å²) in [5, 5.41) is 24.5. The Hall–Kier alpha value is -3.08. The van der Waals surface area contributed by atoms with Crippen molar-refractivity contribution in [2.75, 3.05) is 20.2 Å². The van der Waals surface area contributed by atoms with Crippen molar-refractivity contribution in [1.82, 2.24) is 9.55 Å². The van der Waals surface area contributed by atoms with Crippen molar-refractivity contribution in [3.63, 3.8) is 0 Å². The fourth-order valence-corrected chi connectivity index (χ4v) is 3.86. The van der Waals surface area contributed by atoms with E-state index in [2.05, 4.69) is 10.0 Å². The van der Waals surface area contributed by atoms with E-state index >= 15 is 0 Å². The average Bonchev–Trinajstić information content (AvgIpc) is 3.07. The first-order valence-corrected chi connectivity index (χ1v) is 13.1. The number of rotatable bonds is 11. The van der Waals surface area contributed by atoms with Gasteiger partial charge in [-0.15, -0.1) is 0 Å². The topological polar surface area (TPSA) is 251 Å². The monoisotopic (exact) mass is 593 g/mol. The number of phosphoric ester groups is 1. The lowest BCUT2D eigenvalue weighted by atomic mass is 9.98. The lowest BCUT2D eigenvalue weighted by Crippen LogP contribution is -2.45. The van der Waals surface area contributed by atoms with Gasteiger partial charge in [-0.2, -0.15) is 0 Å². The fraction of sp³-hybridized carbons (Fsp3) is 0.714. The van der Waals surface area contributed by atoms with Gasteiger partial charge in [-0.1, -0.05) is 5.11 Å². The molecule has 1 saturated heterocycles. The number of H-pyrrole nitrogens is 1. The van der Waals surface area contributed by atoms with Gasteiger partial charge >= 0.3 is 25.5 Å². The molecule has 2 heterocycles. The molecule has 19 heteroatoms. The highest BCUT2D eigenvalue weighted by Gasteiger charge is 2.56. The molecule has 4 atom stereocenters. The van der Waals surface area contributed by atoms with Gasteiger partial charge in [0.2, 0.25) is 19.3 Å². The third-order valence-electron chi connectivity index (χ3n) is 5.20. The number of carbonyl (C=O) groups excluding carboxylic acids is 2. The first kappa shape index (κ1) is 33.1. The van der Waals surface area contributed by atoms with Crippen molar-refractivity contribution in [1.29, 1.82) is 0 Å². The Labute approximate surface area is 227 Å². The van der Waals surface area contributed by atoms with Gasteiger partial charge in [0.15, 0.2) is 6.23 Å². The van der Waals surface area contributed by atoms with Crippen molar-refractivity contribution in [2.24, 2.45) is 15.9 Å². The Morgan fingerprint density at radius 3 is 2.08 bits per heavy atom. The van der Waals surface area contributed by atoms with Gasteiger partial charge in [0.05, 0.1) is 17.4 Å². The van der Waals surface area contributed by atoms with E-state index in [0.29, 0.717) is 4.57 Å². The number of nitrogens with zero attached hydrogens (tertiary/aromatic N) is 4. The number of aromatic amines is 1. The first-order valence-electron chi connectivity index (χ1n) is 11.6. The molecule has 3 N–H and O–H groups in total. The molecule has 18 nitrogen and oxygen atoms in total. The summed E-state index contributed by atoms with van der Waals surface area (Å²) < 4.78 is 44.5. The van der Waals surface area contributed by atoms with E-state index in [-0.39, 0.29) is 0 Å². The van der Waals surface area contributed by atoms with Crippen molar-refractivity contribution >= 4 is 19.8 Å². The summed E-state index contributed by atoms with van der Waals surface area (Å²) in [5.74, 6) is -1.48. The highest BCUT2D eigenvalue weighted by Crippen LogP contribution is 2.51. The van der Waals surface area contributed by atoms with E-state index in [0.717, 1.165) is 12.3 Å². The lowest BCUT2D eigenvalue weighted by Gasteiger charge is -2.28. The molecular formula is C21H32N5O13P. The molecule has 2 rings (SSSR count). The van der Waals surface area contributed by atoms with Gasteiger partial charge < -0.3 is 24.4 Å². The zero-order valence-electron chi connectivity index (χ0n) is 22.6. The van der Waals surface area contributed by atoms with E-state index in [1.807, 2.05) is 4.98 Å². The summed E-state index contributed by atoms with van der Waals surface area (Å²) in [6.45, 7) is 6.28. The maximum Gasteiger partial charge on any atom is 0.480 e. The number of hydrogen-bond acceptors (Lipinski definition) is 14. The number of esters is 2. The quantitative estimate of drug-likeness (QED) is 0.0811. The Morgan fingerprint density at radius 1 is 1.10 bits per heavy atom. The van der Waals surface area contributed by atoms with E-state index in [4.69, 9.17) is 33.3 Å². The molecule has 0 spiro atoms. The predicted molar refractivity (Wildman–Crippen MR) is 132 cm³/mol. The molecule has 40 heavy (non-hydrogen) atoms. The van der Waals surface area contributed by atoms with Crippen LogP contribution >= 0.6 is 7.82 Å². The standard InChI is InChI=1S/C21H32N5O13P/c1-19(2,3)16(30)34-10-37-40(33,38-11-35-17(31)20(4,5)6)36-9-21(24-25-22)14(29)13(28)15(39-21)26-8-7-12(27)23-18(26)32/h7-8,13-15,28-29H,9-11H2,1-6H3,(H,23,27,32)/t13?,14-,15-,21-/m1/s1. The molecule has 1 aliphatic rings. The minimum atomic E-state index is -4.84. The minimum absolute atomic E-state index is 0.703. The van der Waals surface area contributed by atoms with Gasteiger partial charge in [0.25, 0.3) is 5.56 Å². The Kier molecular flexibility index (Phi) is 10.4. The molecule has 1 unspecified atom stereocenters. The number of aromatic nitrogens is 2. The number of hydrogen-bond donors (Lipinski definition) is 3. The maximum absolute atomic E-state index is 13.3. The van der Waals surface area contributed by atoms with Gasteiger partial charge in [-0.05, 0) is 47.1 Å². The largest absolute Gasteiger partial charge is 0.480 e. The van der Waals surface area contributed by atoms with Crippen LogP contribution in [0.2, 0.25) is 0 Å². The SMILES string of the molecule is CC(C)(C)C(=O)OCOP(=O)(OCOC(=O)C(C)(C)C)OC[C@@]1(N=[N+]=[N-])O[C@@H](n2ccc(=O)[nH]c2=O)C(O)[C@H]1O. The molecule has 0 amide bonds. The Balaban J connectivity index is 2.28. The lowest BCUT2D eigenvalue weighted by molar-refractivity contribution is -0.165. The molecule has 1 aromatic rings. The van der Waals surface area contributed by atoms with Crippen molar-refractivity contribution in [2.45, 2.75) is 65.7 Å². The number of azide groups is 1. The van der Waals surface area contributed by atoms with Crippen LogP contribution < -0.4 is 11.2 Å². The molecule has 0 saturated carbocycles. The van der Waals surface area contributed by atoms with E-state index in [1.54, 1.807) is 41.5 Å². The average molecular weight is 593 g/mol. The summed E-state index contributed by atoms with van der Waals surface area (Å²) in [5.41, 5.74) is 2.90. The summed E-state index contributed by atoms with van der Waals surface area (Å²) in [6.07, 6.45) is -4.73. The van der Waals surface area contributed by atoms with Crippen molar-refractivity contribution in [3.05, 3.63) is 43.5 Å². The molecule has 0 aromatic carbocycles. The van der Waals surface area contributed by atoms with Crippen LogP contribution in [0.4, 0.5) is 0 Å². The molecule has 1 aromatic heterocycles. The maximum atomic E-state index is 13.3. The summed E-state index contributed by atoms with van der Waals surface area (Å²) in [7, 11) is -4.84.